The molecule has 2 fully saturated rings. The molecule has 7 nitrogen and oxygen atoms in total. The molecule has 0 bridgehead atoms. The van der Waals surface area contributed by atoms with E-state index in [-0.39, 0.29) is 6.10 Å². The van der Waals surface area contributed by atoms with Crippen molar-refractivity contribution >= 4 is 27.6 Å². The van der Waals surface area contributed by atoms with Gasteiger partial charge in [-0.15, -0.1) is 0 Å². The first-order chi connectivity index (χ1) is 14.7. The van der Waals surface area contributed by atoms with Gasteiger partial charge < -0.3 is 10.4 Å². The van der Waals surface area contributed by atoms with E-state index in [1.807, 2.05) is 18.3 Å². The molecule has 2 aliphatic rings. The number of aliphatic hydroxyl groups excluding tert-OH is 1. The average molecular weight is 425 g/mol. The van der Waals surface area contributed by atoms with Crippen molar-refractivity contribution < 1.29 is 5.11 Å². The summed E-state index contributed by atoms with van der Waals surface area (Å²) in [5.41, 5.74) is 3.01. The Morgan fingerprint density at radius 1 is 1.07 bits per heavy atom. The normalized spacial score (nSPS) is 22.6. The van der Waals surface area contributed by atoms with Crippen LogP contribution in [0.2, 0.25) is 0 Å². The molecule has 5 rings (SSSR count). The molecule has 3 aromatic rings. The second-order valence-electron chi connectivity index (χ2n) is 8.42. The molecule has 8 heteroatoms. The number of aromatic nitrogens is 4. The van der Waals surface area contributed by atoms with E-state index in [2.05, 4.69) is 21.3 Å². The first-order valence-corrected chi connectivity index (χ1v) is 11.8. The molecular weight excluding hydrogens is 396 g/mol. The fourth-order valence-corrected chi connectivity index (χ4v) is 5.33. The van der Waals surface area contributed by atoms with Gasteiger partial charge in [-0.05, 0) is 69.8 Å². The lowest BCUT2D eigenvalue weighted by Gasteiger charge is -2.26. The topological polar surface area (TPSA) is 87.1 Å². The van der Waals surface area contributed by atoms with Crippen molar-refractivity contribution in [2.75, 3.05) is 18.4 Å². The third-order valence-electron chi connectivity index (χ3n) is 5.99. The number of nitrogens with zero attached hydrogens (tertiary/aromatic N) is 5. The van der Waals surface area contributed by atoms with E-state index in [1.165, 1.54) is 12.8 Å². The number of fused-ring (bicyclic) bond motifs is 1. The third-order valence-corrected chi connectivity index (χ3v) is 6.97. The Labute approximate surface area is 180 Å². The van der Waals surface area contributed by atoms with Crippen molar-refractivity contribution in [3.63, 3.8) is 0 Å². The van der Waals surface area contributed by atoms with Crippen LogP contribution >= 0.6 is 11.3 Å². The fourth-order valence-electron chi connectivity index (χ4n) is 4.41. The maximum Gasteiger partial charge on any atom is 0.223 e. The summed E-state index contributed by atoms with van der Waals surface area (Å²) >= 11 is 1.63. The lowest BCUT2D eigenvalue weighted by molar-refractivity contribution is 0.126. The Bertz CT molecular complexity index is 961. The summed E-state index contributed by atoms with van der Waals surface area (Å²) in [6, 6.07) is 6.39. The van der Waals surface area contributed by atoms with Crippen LogP contribution in [-0.2, 0) is 13.0 Å². The second-order valence-corrected chi connectivity index (χ2v) is 9.48. The van der Waals surface area contributed by atoms with Crippen LogP contribution in [0.5, 0.6) is 0 Å². The molecule has 158 valence electrons. The van der Waals surface area contributed by atoms with Crippen molar-refractivity contribution in [2.24, 2.45) is 0 Å². The third kappa shape index (κ3) is 4.77. The molecule has 2 N–H and O–H groups in total. The molecule has 3 aromatic heterocycles. The average Bonchev–Trinajstić information content (AvgIpc) is 3.38. The number of rotatable bonds is 6. The van der Waals surface area contributed by atoms with E-state index in [0.29, 0.717) is 18.4 Å². The molecule has 0 atom stereocenters. The number of thiazole rings is 1. The maximum atomic E-state index is 9.79. The van der Waals surface area contributed by atoms with Gasteiger partial charge in [0.1, 0.15) is 15.4 Å². The maximum absolute atomic E-state index is 9.79. The van der Waals surface area contributed by atoms with E-state index in [1.54, 1.807) is 11.3 Å². The van der Waals surface area contributed by atoms with Gasteiger partial charge in [-0.1, -0.05) is 11.3 Å². The van der Waals surface area contributed by atoms with Crippen LogP contribution in [0.1, 0.15) is 54.9 Å². The van der Waals surface area contributed by atoms with Crippen molar-refractivity contribution in [1.82, 2.24) is 24.8 Å². The van der Waals surface area contributed by atoms with E-state index >= 15 is 0 Å². The monoisotopic (exact) mass is 424 g/mol. The lowest BCUT2D eigenvalue weighted by Crippen LogP contribution is -2.29. The van der Waals surface area contributed by atoms with Gasteiger partial charge in [0.15, 0.2) is 0 Å². The lowest BCUT2D eigenvalue weighted by atomic mass is 9.93. The highest BCUT2D eigenvalue weighted by Crippen LogP contribution is 2.24. The highest BCUT2D eigenvalue weighted by atomic mass is 32.1. The zero-order valence-electron chi connectivity index (χ0n) is 17.1. The predicted molar refractivity (Wildman–Crippen MR) is 119 cm³/mol. The zero-order chi connectivity index (χ0) is 20.3. The summed E-state index contributed by atoms with van der Waals surface area (Å²) in [5, 5.41) is 14.4. The van der Waals surface area contributed by atoms with E-state index < -0.39 is 0 Å². The molecule has 1 aliphatic heterocycles. The van der Waals surface area contributed by atoms with Crippen LogP contribution in [0.15, 0.2) is 24.4 Å². The van der Waals surface area contributed by atoms with Gasteiger partial charge in [0, 0.05) is 25.2 Å². The summed E-state index contributed by atoms with van der Waals surface area (Å²) < 4.78 is 0. The molecule has 1 aliphatic carbocycles. The van der Waals surface area contributed by atoms with Gasteiger partial charge in [0.05, 0.1) is 17.5 Å². The highest BCUT2D eigenvalue weighted by molar-refractivity contribution is 7.18. The van der Waals surface area contributed by atoms with Gasteiger partial charge in [-0.3, -0.25) is 4.90 Å². The van der Waals surface area contributed by atoms with E-state index in [9.17, 15) is 5.11 Å². The molecule has 30 heavy (non-hydrogen) atoms. The van der Waals surface area contributed by atoms with Crippen molar-refractivity contribution in [1.29, 1.82) is 0 Å². The molecule has 0 spiro atoms. The largest absolute Gasteiger partial charge is 0.393 e. The standard InChI is InChI=1S/C22H28N6OS/c29-18-7-5-15(6-8-18)24-22-25-16(12-17(26-22)14-28-10-1-2-11-28)13-20-27-19-4-3-9-23-21(19)30-20/h3-4,9,12,15,18,29H,1-2,5-8,10-11,13-14H2,(H,24,25,26). The minimum absolute atomic E-state index is 0.159. The number of likely N-dealkylation sites (tertiary alicyclic amines) is 1. The van der Waals surface area contributed by atoms with Crippen LogP contribution in [0, 0.1) is 0 Å². The number of aliphatic hydroxyl groups is 1. The Kier molecular flexibility index (Phi) is 5.88. The van der Waals surface area contributed by atoms with Gasteiger partial charge >= 0.3 is 0 Å². The van der Waals surface area contributed by atoms with Crippen LogP contribution in [0.25, 0.3) is 10.3 Å². The number of nitrogens with one attached hydrogen (secondary N) is 1. The summed E-state index contributed by atoms with van der Waals surface area (Å²) in [6.07, 6.45) is 8.49. The summed E-state index contributed by atoms with van der Waals surface area (Å²) in [7, 11) is 0. The highest BCUT2D eigenvalue weighted by Gasteiger charge is 2.21. The summed E-state index contributed by atoms with van der Waals surface area (Å²) in [4.78, 5) is 22.3. The molecule has 4 heterocycles. The number of hydrogen-bond donors (Lipinski definition) is 2. The summed E-state index contributed by atoms with van der Waals surface area (Å²) in [6.45, 7) is 3.16. The van der Waals surface area contributed by atoms with E-state index in [0.717, 1.165) is 72.1 Å². The zero-order valence-corrected chi connectivity index (χ0v) is 17.9. The smallest absolute Gasteiger partial charge is 0.223 e. The van der Waals surface area contributed by atoms with Crippen molar-refractivity contribution in [3.05, 3.63) is 40.8 Å². The van der Waals surface area contributed by atoms with Crippen molar-refractivity contribution in [2.45, 2.75) is 63.6 Å². The molecule has 0 unspecified atom stereocenters. The number of hydrogen-bond acceptors (Lipinski definition) is 8. The molecule has 1 saturated heterocycles. The predicted octanol–water partition coefficient (Wildman–Crippen LogP) is 3.38. The summed E-state index contributed by atoms with van der Waals surface area (Å²) in [5.74, 6) is 0.710. The number of pyridine rings is 1. The van der Waals surface area contributed by atoms with Crippen LogP contribution in [-0.4, -0.2) is 55.2 Å². The molecule has 0 radical (unpaired) electrons. The van der Waals surface area contributed by atoms with Crippen LogP contribution < -0.4 is 5.32 Å². The van der Waals surface area contributed by atoms with E-state index in [4.69, 9.17) is 15.0 Å². The first kappa shape index (κ1) is 19.8. The molecule has 1 saturated carbocycles. The van der Waals surface area contributed by atoms with Gasteiger partial charge in [-0.25, -0.2) is 19.9 Å². The van der Waals surface area contributed by atoms with Crippen molar-refractivity contribution in [3.8, 4) is 0 Å². The molecule has 0 aromatic carbocycles. The van der Waals surface area contributed by atoms with Gasteiger partial charge in [0.25, 0.3) is 0 Å². The molecular formula is C22H28N6OS. The Morgan fingerprint density at radius 2 is 1.87 bits per heavy atom. The number of anilines is 1. The molecule has 0 amide bonds. The second kappa shape index (κ2) is 8.91. The van der Waals surface area contributed by atoms with Crippen LogP contribution in [0.3, 0.4) is 0 Å². The Hall–Kier alpha value is -2.16. The van der Waals surface area contributed by atoms with Gasteiger partial charge in [-0.2, -0.15) is 0 Å². The Balaban J connectivity index is 1.38. The SMILES string of the molecule is OC1CCC(Nc2nc(Cc3nc4cccnc4s3)cc(CN3CCCC3)n2)CC1. The minimum atomic E-state index is -0.159. The first-order valence-electron chi connectivity index (χ1n) is 11.0. The Morgan fingerprint density at radius 3 is 2.67 bits per heavy atom. The minimum Gasteiger partial charge on any atom is -0.393 e. The quantitative estimate of drug-likeness (QED) is 0.627. The van der Waals surface area contributed by atoms with Gasteiger partial charge in [0.2, 0.25) is 5.95 Å². The van der Waals surface area contributed by atoms with Crippen LogP contribution in [0.4, 0.5) is 5.95 Å². The fraction of sp³-hybridized carbons (Fsp3) is 0.545.